The third kappa shape index (κ3) is 4.07. The molecule has 1 aromatic heterocycles. The molecule has 1 aliphatic heterocycles. The first-order valence-corrected chi connectivity index (χ1v) is 11.7. The van der Waals surface area contributed by atoms with Gasteiger partial charge in [0.15, 0.2) is 5.13 Å². The van der Waals surface area contributed by atoms with E-state index in [4.69, 9.17) is 16.6 Å². The van der Waals surface area contributed by atoms with Crippen molar-refractivity contribution in [2.24, 2.45) is 0 Å². The third-order valence-corrected chi connectivity index (χ3v) is 8.08. The minimum Gasteiger partial charge on any atom is -0.345 e. The van der Waals surface area contributed by atoms with Gasteiger partial charge in [0.25, 0.3) is 0 Å². The second-order valence-electron chi connectivity index (χ2n) is 6.61. The summed E-state index contributed by atoms with van der Waals surface area (Å²) in [5.41, 5.74) is 2.27. The number of nitrogens with zero attached hydrogens (tertiary/aromatic N) is 3. The van der Waals surface area contributed by atoms with Crippen molar-refractivity contribution in [3.05, 3.63) is 76.3 Å². The molecule has 0 spiro atoms. The fourth-order valence-corrected chi connectivity index (χ4v) is 6.03. The number of benzene rings is 2. The molecule has 2 heterocycles. The van der Waals surface area contributed by atoms with E-state index in [1.807, 2.05) is 18.2 Å². The molecule has 1 saturated heterocycles. The van der Waals surface area contributed by atoms with E-state index in [0.717, 1.165) is 17.2 Å². The van der Waals surface area contributed by atoms with Gasteiger partial charge in [-0.1, -0.05) is 54.1 Å². The molecule has 3 aromatic rings. The molecule has 146 valence electrons. The van der Waals surface area contributed by atoms with Gasteiger partial charge in [-0.25, -0.2) is 13.4 Å². The Morgan fingerprint density at radius 1 is 0.964 bits per heavy atom. The summed E-state index contributed by atoms with van der Waals surface area (Å²) in [4.78, 5) is 7.07. The molecule has 5 nitrogen and oxygen atoms in total. The van der Waals surface area contributed by atoms with Crippen LogP contribution in [0.5, 0.6) is 0 Å². The fraction of sp³-hybridized carbons (Fsp3) is 0.250. The Bertz CT molecular complexity index is 1050. The molecular weight excluding hydrogens is 414 g/mol. The molecular formula is C20H20ClN3O2S2. The molecule has 0 amide bonds. The predicted molar refractivity (Wildman–Crippen MR) is 114 cm³/mol. The van der Waals surface area contributed by atoms with Gasteiger partial charge in [0.2, 0.25) is 10.0 Å². The lowest BCUT2D eigenvalue weighted by Crippen LogP contribution is -2.48. The number of aromatic nitrogens is 1. The maximum absolute atomic E-state index is 12.9. The zero-order valence-corrected chi connectivity index (χ0v) is 17.6. The largest absolute Gasteiger partial charge is 0.345 e. The number of rotatable bonds is 5. The lowest BCUT2D eigenvalue weighted by molar-refractivity contribution is 0.384. The van der Waals surface area contributed by atoms with Gasteiger partial charge in [-0.2, -0.15) is 4.31 Å². The maximum atomic E-state index is 12.9. The van der Waals surface area contributed by atoms with Crippen molar-refractivity contribution in [3.63, 3.8) is 0 Å². The van der Waals surface area contributed by atoms with Gasteiger partial charge in [0.05, 0.1) is 10.7 Å². The van der Waals surface area contributed by atoms with Crippen molar-refractivity contribution in [2.75, 3.05) is 31.1 Å². The van der Waals surface area contributed by atoms with E-state index in [1.54, 1.807) is 35.6 Å². The molecule has 4 rings (SSSR count). The van der Waals surface area contributed by atoms with Crippen LogP contribution in [0.1, 0.15) is 11.3 Å². The molecule has 0 unspecified atom stereocenters. The summed E-state index contributed by atoms with van der Waals surface area (Å²) in [6.45, 7) is 2.06. The zero-order valence-electron chi connectivity index (χ0n) is 15.2. The van der Waals surface area contributed by atoms with E-state index in [-0.39, 0.29) is 9.92 Å². The summed E-state index contributed by atoms with van der Waals surface area (Å²) in [7, 11) is -3.58. The number of sulfonamides is 1. The van der Waals surface area contributed by atoms with Crippen LogP contribution in [0.3, 0.4) is 0 Å². The summed E-state index contributed by atoms with van der Waals surface area (Å²) >= 11 is 7.71. The fourth-order valence-electron chi connectivity index (χ4n) is 3.24. The third-order valence-electron chi connectivity index (χ3n) is 4.73. The zero-order chi connectivity index (χ0) is 19.6. The van der Waals surface area contributed by atoms with Crippen LogP contribution in [0.25, 0.3) is 0 Å². The van der Waals surface area contributed by atoms with Gasteiger partial charge in [-0.15, -0.1) is 11.3 Å². The summed E-state index contributed by atoms with van der Waals surface area (Å²) in [5, 5.41) is 3.28. The lowest BCUT2D eigenvalue weighted by Gasteiger charge is -2.33. The molecule has 1 aliphatic rings. The van der Waals surface area contributed by atoms with Gasteiger partial charge >= 0.3 is 0 Å². The number of hydrogen-bond acceptors (Lipinski definition) is 5. The van der Waals surface area contributed by atoms with E-state index < -0.39 is 10.0 Å². The molecule has 0 atom stereocenters. The Labute approximate surface area is 174 Å². The first-order chi connectivity index (χ1) is 13.5. The van der Waals surface area contributed by atoms with Gasteiger partial charge in [0, 0.05) is 38.0 Å². The van der Waals surface area contributed by atoms with Crippen LogP contribution in [0.2, 0.25) is 5.02 Å². The highest BCUT2D eigenvalue weighted by molar-refractivity contribution is 7.89. The second kappa shape index (κ2) is 8.21. The molecule has 0 bridgehead atoms. The van der Waals surface area contributed by atoms with Gasteiger partial charge in [-0.3, -0.25) is 0 Å². The molecule has 0 saturated carbocycles. The standard InChI is InChI=1S/C20H20ClN3O2S2/c21-18-8-4-5-9-19(18)28(25,26)24-12-10-23(11-13-24)20-22-17(15-27-20)14-16-6-2-1-3-7-16/h1-9,15H,10-14H2. The van der Waals surface area contributed by atoms with Gasteiger partial charge in [-0.05, 0) is 17.7 Å². The van der Waals surface area contributed by atoms with Crippen LogP contribution < -0.4 is 4.90 Å². The minimum atomic E-state index is -3.58. The second-order valence-corrected chi connectivity index (χ2v) is 9.76. The average Bonchev–Trinajstić information content (AvgIpc) is 3.17. The van der Waals surface area contributed by atoms with Crippen LogP contribution in [0, 0.1) is 0 Å². The topological polar surface area (TPSA) is 53.5 Å². The Morgan fingerprint density at radius 2 is 1.64 bits per heavy atom. The smallest absolute Gasteiger partial charge is 0.244 e. The van der Waals surface area contributed by atoms with Crippen molar-refractivity contribution in [3.8, 4) is 0 Å². The van der Waals surface area contributed by atoms with Crippen LogP contribution in [-0.2, 0) is 16.4 Å². The summed E-state index contributed by atoms with van der Waals surface area (Å²) < 4.78 is 27.2. The first-order valence-electron chi connectivity index (χ1n) is 9.02. The number of thiazole rings is 1. The van der Waals surface area contributed by atoms with E-state index >= 15 is 0 Å². The van der Waals surface area contributed by atoms with Crippen molar-refractivity contribution in [1.29, 1.82) is 0 Å². The van der Waals surface area contributed by atoms with Crippen molar-refractivity contribution in [1.82, 2.24) is 9.29 Å². The number of halogens is 1. The summed E-state index contributed by atoms with van der Waals surface area (Å²) in [6, 6.07) is 16.8. The van der Waals surface area contributed by atoms with E-state index in [9.17, 15) is 8.42 Å². The lowest BCUT2D eigenvalue weighted by atomic mass is 10.1. The maximum Gasteiger partial charge on any atom is 0.244 e. The molecule has 28 heavy (non-hydrogen) atoms. The Kier molecular flexibility index (Phi) is 5.68. The van der Waals surface area contributed by atoms with E-state index in [2.05, 4.69) is 22.4 Å². The molecule has 0 N–H and O–H groups in total. The molecule has 0 radical (unpaired) electrons. The van der Waals surface area contributed by atoms with Crippen molar-refractivity contribution in [2.45, 2.75) is 11.3 Å². The first kappa shape index (κ1) is 19.4. The molecule has 2 aromatic carbocycles. The normalized spacial score (nSPS) is 15.7. The predicted octanol–water partition coefficient (Wildman–Crippen LogP) is 3.90. The van der Waals surface area contributed by atoms with E-state index in [0.29, 0.717) is 26.2 Å². The highest BCUT2D eigenvalue weighted by atomic mass is 35.5. The van der Waals surface area contributed by atoms with Crippen LogP contribution in [0.15, 0.2) is 64.9 Å². The van der Waals surface area contributed by atoms with Crippen LogP contribution in [0.4, 0.5) is 5.13 Å². The van der Waals surface area contributed by atoms with E-state index in [1.165, 1.54) is 9.87 Å². The quantitative estimate of drug-likeness (QED) is 0.612. The number of piperazine rings is 1. The average molecular weight is 434 g/mol. The molecule has 8 heteroatoms. The molecule has 1 fully saturated rings. The Morgan fingerprint density at radius 3 is 2.36 bits per heavy atom. The van der Waals surface area contributed by atoms with Crippen molar-refractivity contribution < 1.29 is 8.42 Å². The highest BCUT2D eigenvalue weighted by Crippen LogP contribution is 2.27. The van der Waals surface area contributed by atoms with Gasteiger partial charge < -0.3 is 4.90 Å². The van der Waals surface area contributed by atoms with Gasteiger partial charge in [0.1, 0.15) is 4.90 Å². The van der Waals surface area contributed by atoms with Crippen LogP contribution >= 0.6 is 22.9 Å². The SMILES string of the molecule is O=S(=O)(c1ccccc1Cl)N1CCN(c2nc(Cc3ccccc3)cs2)CC1. The Hall–Kier alpha value is -1.93. The molecule has 0 aliphatic carbocycles. The summed E-state index contributed by atoms with van der Waals surface area (Å²) in [6.07, 6.45) is 0.804. The minimum absolute atomic E-state index is 0.171. The Balaban J connectivity index is 1.41. The van der Waals surface area contributed by atoms with Crippen LogP contribution in [-0.4, -0.2) is 43.9 Å². The highest BCUT2D eigenvalue weighted by Gasteiger charge is 2.30. The number of hydrogen-bond donors (Lipinski definition) is 0. The van der Waals surface area contributed by atoms with Crippen molar-refractivity contribution >= 4 is 38.1 Å². The summed E-state index contributed by atoms with van der Waals surface area (Å²) in [5.74, 6) is 0. The number of anilines is 1. The monoisotopic (exact) mass is 433 g/mol.